The van der Waals surface area contributed by atoms with E-state index in [9.17, 15) is 13.2 Å². The number of carbonyl (C=O) groups excluding carboxylic acids is 1. The number of piperidine rings is 1. The van der Waals surface area contributed by atoms with Crippen LogP contribution in [-0.2, 0) is 10.0 Å². The minimum Gasteiger partial charge on any atom is -0.366 e. The van der Waals surface area contributed by atoms with Gasteiger partial charge >= 0.3 is 0 Å². The number of allylic oxidation sites excluding steroid dienone is 4. The molecule has 0 spiro atoms. The Kier molecular flexibility index (Phi) is 11.8. The fourth-order valence-corrected chi connectivity index (χ4v) is 4.84. The Bertz CT molecular complexity index is 871. The maximum absolute atomic E-state index is 12.4. The van der Waals surface area contributed by atoms with Gasteiger partial charge in [0.1, 0.15) is 5.82 Å². The number of nitrogens with two attached hydrogens (primary N) is 1. The number of primary amides is 1. The summed E-state index contributed by atoms with van der Waals surface area (Å²) in [5, 5.41) is 0. The molecule has 1 aromatic rings. The lowest BCUT2D eigenvalue weighted by molar-refractivity contribution is 0.0999. The van der Waals surface area contributed by atoms with Crippen molar-refractivity contribution in [2.45, 2.75) is 60.8 Å². The molecule has 0 bridgehead atoms. The van der Waals surface area contributed by atoms with Crippen molar-refractivity contribution < 1.29 is 13.2 Å². The lowest BCUT2D eigenvalue weighted by Crippen LogP contribution is -2.39. The maximum atomic E-state index is 12.4. The Morgan fingerprint density at radius 1 is 1.09 bits per heavy atom. The van der Waals surface area contributed by atoms with Crippen LogP contribution in [0.4, 0.5) is 0 Å². The summed E-state index contributed by atoms with van der Waals surface area (Å²) in [7, 11) is -3.08. The molecular formula is C24H40N4O3S. The molecule has 2 N–H and O–H groups in total. The third kappa shape index (κ3) is 9.20. The van der Waals surface area contributed by atoms with Crippen LogP contribution in [0.5, 0.6) is 0 Å². The zero-order chi connectivity index (χ0) is 24.3. The fraction of sp³-hybridized carbons (Fsp3) is 0.625. The maximum Gasteiger partial charge on any atom is 0.251 e. The standard InChI is InChI=1S/C16H27NO2S.C6H7N3O.C2H6/c1-13-6-9-17(10-7-13)20(18,19)11-8-16-5-4-14(2)15(3)12-16;1-4-8-2-5(3-9-4)6(7)10;1-2/h4-5,12-15H,6-11H2,1-3H3;2-3H,1H3,(H2,7,10);1-2H3/t14-,15+;;/m1../s1. The van der Waals surface area contributed by atoms with Crippen LogP contribution in [0.25, 0.3) is 0 Å². The normalized spacial score (nSPS) is 21.5. The number of amides is 1. The molecule has 2 aliphatic rings. The first-order valence-corrected chi connectivity index (χ1v) is 13.1. The van der Waals surface area contributed by atoms with Gasteiger partial charge in [-0.3, -0.25) is 4.79 Å². The predicted molar refractivity (Wildman–Crippen MR) is 131 cm³/mol. The number of hydrogen-bond acceptors (Lipinski definition) is 5. The summed E-state index contributed by atoms with van der Waals surface area (Å²) in [6.45, 7) is 13.7. The molecule has 1 amide bonds. The number of sulfonamides is 1. The van der Waals surface area contributed by atoms with Crippen LogP contribution < -0.4 is 5.73 Å². The van der Waals surface area contributed by atoms with Gasteiger partial charge < -0.3 is 5.73 Å². The third-order valence-corrected chi connectivity index (χ3v) is 7.64. The van der Waals surface area contributed by atoms with E-state index in [0.29, 0.717) is 48.7 Å². The Morgan fingerprint density at radius 3 is 2.16 bits per heavy atom. The molecule has 32 heavy (non-hydrogen) atoms. The summed E-state index contributed by atoms with van der Waals surface area (Å²) in [4.78, 5) is 18.0. The molecule has 1 fully saturated rings. The highest BCUT2D eigenvalue weighted by Gasteiger charge is 2.26. The second kappa shape index (κ2) is 13.5. The van der Waals surface area contributed by atoms with Gasteiger partial charge in [0.05, 0.1) is 11.3 Å². The lowest BCUT2D eigenvalue weighted by atomic mass is 9.88. The molecule has 8 heteroatoms. The van der Waals surface area contributed by atoms with Gasteiger partial charge in [0, 0.05) is 25.5 Å². The van der Waals surface area contributed by atoms with Crippen LogP contribution in [-0.4, -0.2) is 47.4 Å². The largest absolute Gasteiger partial charge is 0.366 e. The van der Waals surface area contributed by atoms with E-state index in [1.54, 1.807) is 11.2 Å². The molecule has 1 aliphatic heterocycles. The third-order valence-electron chi connectivity index (χ3n) is 5.77. The van der Waals surface area contributed by atoms with E-state index < -0.39 is 15.9 Å². The number of aromatic nitrogens is 2. The lowest BCUT2D eigenvalue weighted by Gasteiger charge is -2.29. The monoisotopic (exact) mass is 464 g/mol. The Morgan fingerprint density at radius 2 is 1.66 bits per heavy atom. The van der Waals surface area contributed by atoms with E-state index in [-0.39, 0.29) is 5.75 Å². The molecule has 1 aliphatic carbocycles. The van der Waals surface area contributed by atoms with Crippen LogP contribution in [0, 0.1) is 24.7 Å². The Balaban J connectivity index is 0.000000358. The summed E-state index contributed by atoms with van der Waals surface area (Å²) >= 11 is 0. The summed E-state index contributed by atoms with van der Waals surface area (Å²) < 4.78 is 26.4. The first-order chi connectivity index (χ1) is 15.1. The van der Waals surface area contributed by atoms with Gasteiger partial charge in [-0.05, 0) is 43.9 Å². The van der Waals surface area contributed by atoms with Crippen molar-refractivity contribution in [2.75, 3.05) is 18.8 Å². The predicted octanol–water partition coefficient (Wildman–Crippen LogP) is 4.12. The minimum absolute atomic E-state index is 0.249. The fourth-order valence-electron chi connectivity index (χ4n) is 3.32. The number of rotatable bonds is 5. The van der Waals surface area contributed by atoms with Crippen molar-refractivity contribution in [2.24, 2.45) is 23.5 Å². The van der Waals surface area contributed by atoms with Crippen molar-refractivity contribution in [3.8, 4) is 0 Å². The first-order valence-electron chi connectivity index (χ1n) is 11.5. The van der Waals surface area contributed by atoms with Crippen LogP contribution >= 0.6 is 0 Å². The zero-order valence-electron chi connectivity index (χ0n) is 20.4. The molecule has 2 heterocycles. The van der Waals surface area contributed by atoms with Crippen LogP contribution in [0.2, 0.25) is 0 Å². The summed E-state index contributed by atoms with van der Waals surface area (Å²) in [6.07, 6.45) is 12.0. The van der Waals surface area contributed by atoms with Crippen LogP contribution in [0.15, 0.2) is 36.2 Å². The molecule has 0 radical (unpaired) electrons. The molecule has 2 atom stereocenters. The van der Waals surface area contributed by atoms with Gasteiger partial charge in [-0.1, -0.05) is 58.4 Å². The average molecular weight is 465 g/mol. The van der Waals surface area contributed by atoms with Gasteiger partial charge in [-0.25, -0.2) is 22.7 Å². The van der Waals surface area contributed by atoms with Gasteiger partial charge in [0.2, 0.25) is 10.0 Å². The first kappa shape index (κ1) is 28.0. The number of nitrogens with zero attached hydrogens (tertiary/aromatic N) is 3. The molecule has 7 nitrogen and oxygen atoms in total. The van der Waals surface area contributed by atoms with E-state index in [1.165, 1.54) is 18.0 Å². The number of aryl methyl sites for hydroxylation is 1. The van der Waals surface area contributed by atoms with Crippen molar-refractivity contribution in [3.05, 3.63) is 47.6 Å². The molecule has 0 unspecified atom stereocenters. The summed E-state index contributed by atoms with van der Waals surface area (Å²) in [5.41, 5.74) is 6.45. The highest BCUT2D eigenvalue weighted by atomic mass is 32.2. The van der Waals surface area contributed by atoms with Crippen LogP contribution in [0.3, 0.4) is 0 Å². The highest BCUT2D eigenvalue weighted by molar-refractivity contribution is 7.89. The van der Waals surface area contributed by atoms with E-state index in [0.717, 1.165) is 12.8 Å². The Hall–Kier alpha value is -2.06. The second-order valence-corrected chi connectivity index (χ2v) is 10.4. The molecule has 0 saturated carbocycles. The summed E-state index contributed by atoms with van der Waals surface area (Å²) in [5.74, 6) is 2.10. The van der Waals surface area contributed by atoms with Gasteiger partial charge in [-0.15, -0.1) is 0 Å². The number of hydrogen-bond donors (Lipinski definition) is 1. The van der Waals surface area contributed by atoms with E-state index in [2.05, 4.69) is 49.0 Å². The van der Waals surface area contributed by atoms with Gasteiger partial charge in [0.25, 0.3) is 5.91 Å². The van der Waals surface area contributed by atoms with E-state index >= 15 is 0 Å². The van der Waals surface area contributed by atoms with E-state index in [1.807, 2.05) is 13.8 Å². The molecule has 180 valence electrons. The van der Waals surface area contributed by atoms with Gasteiger partial charge in [-0.2, -0.15) is 0 Å². The molecule has 0 aromatic carbocycles. The van der Waals surface area contributed by atoms with Crippen molar-refractivity contribution >= 4 is 15.9 Å². The van der Waals surface area contributed by atoms with Crippen LogP contribution in [0.1, 0.15) is 70.1 Å². The minimum atomic E-state index is -3.08. The molecule has 1 saturated heterocycles. The highest BCUT2D eigenvalue weighted by Crippen LogP contribution is 2.25. The molecular weight excluding hydrogens is 424 g/mol. The van der Waals surface area contributed by atoms with Gasteiger partial charge in [0.15, 0.2) is 0 Å². The second-order valence-electron chi connectivity index (χ2n) is 8.35. The van der Waals surface area contributed by atoms with Crippen molar-refractivity contribution in [1.82, 2.24) is 14.3 Å². The smallest absolute Gasteiger partial charge is 0.251 e. The van der Waals surface area contributed by atoms with E-state index in [4.69, 9.17) is 5.73 Å². The Labute approximate surface area is 194 Å². The molecule has 3 rings (SSSR count). The zero-order valence-corrected chi connectivity index (χ0v) is 21.2. The average Bonchev–Trinajstić information content (AvgIpc) is 2.77. The molecule has 1 aromatic heterocycles. The van der Waals surface area contributed by atoms with Crippen molar-refractivity contribution in [3.63, 3.8) is 0 Å². The number of carbonyl (C=O) groups is 1. The SMILES string of the molecule is CC.CC1CCN(S(=O)(=O)CCC2=C[C@H](C)[C@H](C)C=C2)CC1.Cc1ncc(C(N)=O)cn1. The summed E-state index contributed by atoms with van der Waals surface area (Å²) in [6, 6.07) is 0. The quantitative estimate of drug-likeness (QED) is 0.705. The topological polar surface area (TPSA) is 106 Å². The van der Waals surface area contributed by atoms with Crippen molar-refractivity contribution in [1.29, 1.82) is 0 Å².